The minimum atomic E-state index is -1.01. The van der Waals surface area contributed by atoms with Crippen molar-refractivity contribution in [1.29, 1.82) is 0 Å². The van der Waals surface area contributed by atoms with E-state index in [0.717, 1.165) is 36.2 Å². The molecule has 1 saturated heterocycles. The monoisotopic (exact) mass is 634 g/mol. The molecular weight excluding hydrogens is 604 g/mol. The lowest BCUT2D eigenvalue weighted by atomic mass is 9.95. The minimum absolute atomic E-state index is 0.0871. The van der Waals surface area contributed by atoms with Crippen LogP contribution in [0.3, 0.4) is 0 Å². The number of halogens is 1. The summed E-state index contributed by atoms with van der Waals surface area (Å²) < 4.78 is 25.8. The first-order valence-electron chi connectivity index (χ1n) is 14.2. The summed E-state index contributed by atoms with van der Waals surface area (Å²) in [4.78, 5) is 32.4. The van der Waals surface area contributed by atoms with Crippen LogP contribution < -0.4 is 14.4 Å². The molecule has 44 heavy (non-hydrogen) atoms. The summed E-state index contributed by atoms with van der Waals surface area (Å²) in [6, 6.07) is 13.5. The zero-order chi connectivity index (χ0) is 31.1. The highest BCUT2D eigenvalue weighted by Gasteiger charge is 2.48. The number of ketones is 1. The third-order valence-electron chi connectivity index (χ3n) is 6.86. The number of Topliss-reactive ketones (excluding diaryl/α,β-unsaturated/α-hetero) is 1. The van der Waals surface area contributed by atoms with Gasteiger partial charge in [0.15, 0.2) is 15.8 Å². The third-order valence-corrected chi connectivity index (χ3v) is 8.99. The molecule has 9 nitrogen and oxygen atoms in total. The minimum Gasteiger partial charge on any atom is -0.507 e. The molecule has 2 aromatic heterocycles. The van der Waals surface area contributed by atoms with E-state index in [4.69, 9.17) is 9.47 Å². The standard InChI is InChI=1S/C32H31FN4O5S2/c1-3-5-6-17-42-24-12-9-22(18-25(24)41-4-2)27-26(28(38)21-13-15-34-16-14-21)29(39)30(40)37(27)31-35-36-32(44-31)43-19-20-7-10-23(33)11-8-20/h7-16,18,27,38H,3-6,17,19H2,1-2H3/b28-26+. The average Bonchev–Trinajstić information content (AvgIpc) is 3.61. The van der Waals surface area contributed by atoms with Gasteiger partial charge >= 0.3 is 5.91 Å². The summed E-state index contributed by atoms with van der Waals surface area (Å²) in [6.07, 6.45) is 5.99. The largest absolute Gasteiger partial charge is 0.507 e. The van der Waals surface area contributed by atoms with Gasteiger partial charge in [0, 0.05) is 23.7 Å². The number of nitrogens with zero attached hydrogens (tertiary/aromatic N) is 4. The topological polar surface area (TPSA) is 115 Å². The molecule has 1 fully saturated rings. The highest BCUT2D eigenvalue weighted by atomic mass is 32.2. The molecule has 1 aliphatic rings. The number of benzene rings is 2. The van der Waals surface area contributed by atoms with E-state index in [1.165, 1.54) is 41.2 Å². The average molecular weight is 635 g/mol. The van der Waals surface area contributed by atoms with Crippen LogP contribution in [-0.4, -0.2) is 45.2 Å². The maximum Gasteiger partial charge on any atom is 0.301 e. The molecule has 228 valence electrons. The quantitative estimate of drug-likeness (QED) is 0.0416. The molecule has 0 spiro atoms. The van der Waals surface area contributed by atoms with E-state index in [-0.39, 0.29) is 22.3 Å². The van der Waals surface area contributed by atoms with Crippen LogP contribution in [0, 0.1) is 5.82 Å². The molecule has 1 unspecified atom stereocenters. The van der Waals surface area contributed by atoms with E-state index >= 15 is 0 Å². The Hall–Kier alpha value is -4.29. The van der Waals surface area contributed by atoms with Gasteiger partial charge in [-0.05, 0) is 60.9 Å². The van der Waals surface area contributed by atoms with Gasteiger partial charge in [0.05, 0.1) is 24.8 Å². The second kappa shape index (κ2) is 14.5. The first kappa shape index (κ1) is 31.1. The number of anilines is 1. The number of unbranched alkanes of at least 4 members (excludes halogenated alkanes) is 2. The normalized spacial score (nSPS) is 16.0. The van der Waals surface area contributed by atoms with Gasteiger partial charge in [-0.2, -0.15) is 0 Å². The number of rotatable bonds is 13. The van der Waals surface area contributed by atoms with Crippen LogP contribution in [0.4, 0.5) is 9.52 Å². The number of aliphatic hydroxyl groups is 1. The maximum atomic E-state index is 13.6. The number of ether oxygens (including phenoxy) is 2. The molecule has 0 saturated carbocycles. The summed E-state index contributed by atoms with van der Waals surface area (Å²) in [5.41, 5.74) is 1.68. The molecule has 0 bridgehead atoms. The van der Waals surface area contributed by atoms with Gasteiger partial charge < -0.3 is 14.6 Å². The van der Waals surface area contributed by atoms with Crippen molar-refractivity contribution in [2.75, 3.05) is 18.1 Å². The summed E-state index contributed by atoms with van der Waals surface area (Å²) >= 11 is 2.53. The van der Waals surface area contributed by atoms with Crippen molar-refractivity contribution in [1.82, 2.24) is 15.2 Å². The van der Waals surface area contributed by atoms with Crippen molar-refractivity contribution >= 4 is 45.7 Å². The number of carbonyl (C=O) groups excluding carboxylic acids is 2. The molecule has 0 aliphatic carbocycles. The molecule has 12 heteroatoms. The molecule has 2 aromatic carbocycles. The Balaban J connectivity index is 1.53. The van der Waals surface area contributed by atoms with Crippen molar-refractivity contribution in [3.8, 4) is 11.5 Å². The molecule has 3 heterocycles. The fourth-order valence-electron chi connectivity index (χ4n) is 4.71. The summed E-state index contributed by atoms with van der Waals surface area (Å²) in [6.45, 7) is 4.87. The lowest BCUT2D eigenvalue weighted by molar-refractivity contribution is -0.132. The molecule has 0 radical (unpaired) electrons. The van der Waals surface area contributed by atoms with Crippen molar-refractivity contribution in [3.63, 3.8) is 0 Å². The number of pyridine rings is 1. The highest BCUT2D eigenvalue weighted by molar-refractivity contribution is 8.00. The van der Waals surface area contributed by atoms with E-state index in [0.29, 0.717) is 45.9 Å². The van der Waals surface area contributed by atoms with Gasteiger partial charge in [0.1, 0.15) is 11.6 Å². The third kappa shape index (κ3) is 6.92. The predicted molar refractivity (Wildman–Crippen MR) is 168 cm³/mol. The van der Waals surface area contributed by atoms with E-state index in [1.807, 2.05) is 6.92 Å². The van der Waals surface area contributed by atoms with Crippen molar-refractivity contribution < 1.29 is 28.6 Å². The van der Waals surface area contributed by atoms with Gasteiger partial charge in [-0.1, -0.05) is 61.1 Å². The van der Waals surface area contributed by atoms with Gasteiger partial charge in [0.2, 0.25) is 5.13 Å². The summed E-state index contributed by atoms with van der Waals surface area (Å²) in [7, 11) is 0. The van der Waals surface area contributed by atoms with Gasteiger partial charge in [-0.3, -0.25) is 19.5 Å². The number of hydrogen-bond acceptors (Lipinski definition) is 10. The lowest BCUT2D eigenvalue weighted by Crippen LogP contribution is -2.29. The Labute approximate surface area is 262 Å². The van der Waals surface area contributed by atoms with Gasteiger partial charge in [-0.15, -0.1) is 10.2 Å². The van der Waals surface area contributed by atoms with Crippen LogP contribution in [0.15, 0.2) is 76.9 Å². The van der Waals surface area contributed by atoms with E-state index < -0.39 is 17.7 Å². The van der Waals surface area contributed by atoms with Crippen molar-refractivity contribution in [2.24, 2.45) is 0 Å². The second-order valence-electron chi connectivity index (χ2n) is 9.87. The van der Waals surface area contributed by atoms with E-state index in [9.17, 15) is 19.1 Å². The molecule has 1 atom stereocenters. The molecule has 1 amide bonds. The summed E-state index contributed by atoms with van der Waals surface area (Å²) in [5, 5.41) is 20.1. The zero-order valence-electron chi connectivity index (χ0n) is 24.2. The first-order chi connectivity index (χ1) is 21.4. The Bertz CT molecular complexity index is 1650. The van der Waals surface area contributed by atoms with Crippen LogP contribution in [0.25, 0.3) is 5.76 Å². The SMILES string of the molecule is CCCCCOc1ccc(C2/C(=C(\O)c3ccncc3)C(=O)C(=O)N2c2nnc(SCc3ccc(F)cc3)s2)cc1OCC. The Morgan fingerprint density at radius 3 is 2.50 bits per heavy atom. The maximum absolute atomic E-state index is 13.6. The van der Waals surface area contributed by atoms with E-state index in [2.05, 4.69) is 22.1 Å². The van der Waals surface area contributed by atoms with Crippen molar-refractivity contribution in [3.05, 3.63) is 95.1 Å². The smallest absolute Gasteiger partial charge is 0.301 e. The number of thioether (sulfide) groups is 1. The molecule has 1 aliphatic heterocycles. The van der Waals surface area contributed by atoms with Crippen LogP contribution in [0.5, 0.6) is 11.5 Å². The predicted octanol–water partition coefficient (Wildman–Crippen LogP) is 6.96. The number of aliphatic hydroxyl groups excluding tert-OH is 1. The highest BCUT2D eigenvalue weighted by Crippen LogP contribution is 2.45. The van der Waals surface area contributed by atoms with E-state index in [1.54, 1.807) is 42.5 Å². The Morgan fingerprint density at radius 2 is 1.77 bits per heavy atom. The number of amides is 1. The Kier molecular flexibility index (Phi) is 10.2. The Morgan fingerprint density at radius 1 is 1.00 bits per heavy atom. The van der Waals surface area contributed by atoms with Crippen LogP contribution >= 0.6 is 23.1 Å². The fourth-order valence-corrected chi connectivity index (χ4v) is 6.53. The van der Waals surface area contributed by atoms with Crippen LogP contribution in [0.1, 0.15) is 55.8 Å². The first-order valence-corrected chi connectivity index (χ1v) is 16.0. The fraction of sp³-hybridized carbons (Fsp3) is 0.281. The zero-order valence-corrected chi connectivity index (χ0v) is 25.9. The van der Waals surface area contributed by atoms with Crippen LogP contribution in [-0.2, 0) is 15.3 Å². The second-order valence-corrected chi connectivity index (χ2v) is 12.0. The number of hydrogen-bond donors (Lipinski definition) is 1. The number of carbonyl (C=O) groups is 2. The molecular formula is C32H31FN4O5S2. The molecule has 4 aromatic rings. The summed E-state index contributed by atoms with van der Waals surface area (Å²) in [5.74, 6) is -0.810. The molecule has 5 rings (SSSR count). The van der Waals surface area contributed by atoms with Crippen molar-refractivity contribution in [2.45, 2.75) is 49.2 Å². The molecule has 1 N–H and O–H groups in total. The van der Waals surface area contributed by atoms with Crippen LogP contribution in [0.2, 0.25) is 0 Å². The van der Waals surface area contributed by atoms with Gasteiger partial charge in [0.25, 0.3) is 5.78 Å². The number of aromatic nitrogens is 3. The lowest BCUT2D eigenvalue weighted by Gasteiger charge is -2.23. The van der Waals surface area contributed by atoms with Gasteiger partial charge in [-0.25, -0.2) is 4.39 Å².